The predicted octanol–water partition coefficient (Wildman–Crippen LogP) is 4.21. The Labute approximate surface area is 166 Å². The van der Waals surface area contributed by atoms with Crippen molar-refractivity contribution in [3.05, 3.63) is 80.0 Å². The van der Waals surface area contributed by atoms with Crippen molar-refractivity contribution in [1.82, 2.24) is 14.5 Å². The zero-order valence-electron chi connectivity index (χ0n) is 15.8. The van der Waals surface area contributed by atoms with Crippen LogP contribution in [-0.4, -0.2) is 20.7 Å². The topological polar surface area (TPSA) is 72.2 Å². The minimum Gasteiger partial charge on any atom is -0.268 e. The predicted molar refractivity (Wildman–Crippen MR) is 115 cm³/mol. The van der Waals surface area contributed by atoms with Crippen LogP contribution in [0.2, 0.25) is 0 Å². The molecule has 140 valence electrons. The lowest BCUT2D eigenvalue weighted by Gasteiger charge is -2.15. The van der Waals surface area contributed by atoms with Crippen molar-refractivity contribution >= 4 is 34.4 Å². The molecule has 0 amide bonds. The molecule has 0 saturated heterocycles. The fourth-order valence-corrected chi connectivity index (χ4v) is 3.65. The van der Waals surface area contributed by atoms with E-state index in [9.17, 15) is 4.79 Å². The smallest absolute Gasteiger partial charge is 0.267 e. The Kier molecular flexibility index (Phi) is 4.75. The minimum absolute atomic E-state index is 0.139. The van der Waals surface area contributed by atoms with Crippen molar-refractivity contribution in [2.75, 3.05) is 5.43 Å². The summed E-state index contributed by atoms with van der Waals surface area (Å²) in [6.07, 6.45) is 1.62. The van der Waals surface area contributed by atoms with E-state index >= 15 is 0 Å². The largest absolute Gasteiger partial charge is 0.268 e. The van der Waals surface area contributed by atoms with Crippen molar-refractivity contribution in [1.29, 1.82) is 0 Å². The van der Waals surface area contributed by atoms with E-state index in [0.29, 0.717) is 16.9 Å². The van der Waals surface area contributed by atoms with Gasteiger partial charge in [-0.25, -0.2) is 20.0 Å². The highest BCUT2D eigenvalue weighted by Crippen LogP contribution is 2.20. The van der Waals surface area contributed by atoms with Gasteiger partial charge in [0.05, 0.1) is 33.5 Å². The molecule has 0 radical (unpaired) electrons. The molecule has 0 aliphatic rings. The van der Waals surface area contributed by atoms with Crippen LogP contribution in [0.15, 0.2) is 57.7 Å². The van der Waals surface area contributed by atoms with Crippen LogP contribution in [0.5, 0.6) is 0 Å². The highest BCUT2D eigenvalue weighted by atomic mass is 32.1. The summed E-state index contributed by atoms with van der Waals surface area (Å²) in [7, 11) is 0. The second-order valence-electron chi connectivity index (χ2n) is 6.54. The van der Waals surface area contributed by atoms with E-state index in [2.05, 4.69) is 20.5 Å². The Morgan fingerprint density at radius 2 is 1.93 bits per heavy atom. The van der Waals surface area contributed by atoms with Gasteiger partial charge in [0.25, 0.3) is 5.56 Å². The Balaban J connectivity index is 1.86. The number of rotatable bonds is 4. The molecule has 4 aromatic rings. The van der Waals surface area contributed by atoms with Gasteiger partial charge < -0.3 is 0 Å². The van der Waals surface area contributed by atoms with Crippen LogP contribution in [0.4, 0.5) is 5.95 Å². The summed E-state index contributed by atoms with van der Waals surface area (Å²) in [5, 5.41) is 7.71. The zero-order chi connectivity index (χ0) is 19.7. The molecule has 4 rings (SSSR count). The van der Waals surface area contributed by atoms with Gasteiger partial charge in [0.2, 0.25) is 5.95 Å². The number of fused-ring (bicyclic) bond motifs is 1. The third-order valence-corrected chi connectivity index (χ3v) is 5.16. The van der Waals surface area contributed by atoms with E-state index in [1.54, 1.807) is 28.2 Å². The van der Waals surface area contributed by atoms with Crippen molar-refractivity contribution in [3.63, 3.8) is 0 Å². The Hall–Kier alpha value is -3.32. The lowest BCUT2D eigenvalue weighted by Crippen LogP contribution is -2.23. The second kappa shape index (κ2) is 7.36. The van der Waals surface area contributed by atoms with Gasteiger partial charge in [0, 0.05) is 5.38 Å². The first-order valence-electron chi connectivity index (χ1n) is 8.83. The molecule has 28 heavy (non-hydrogen) atoms. The molecule has 0 fully saturated rings. The molecule has 0 aliphatic heterocycles. The molecular formula is C21H19N5OS. The van der Waals surface area contributed by atoms with Crippen LogP contribution in [-0.2, 0) is 0 Å². The van der Waals surface area contributed by atoms with E-state index in [1.165, 1.54) is 0 Å². The molecule has 0 spiro atoms. The number of benzene rings is 2. The number of aromatic nitrogens is 3. The standard InChI is InChI=1S/C21H19N5OS/c1-13-8-9-19(14(2)10-13)26-20(27)17-6-4-5-7-18(17)24-21(26)25-22-11-16-12-28-15(3)23-16/h4-12H,1-3H3,(H,24,25)/b22-11-. The Morgan fingerprint density at radius 3 is 2.68 bits per heavy atom. The number of nitrogens with zero attached hydrogens (tertiary/aromatic N) is 4. The van der Waals surface area contributed by atoms with Gasteiger partial charge in [-0.1, -0.05) is 29.8 Å². The molecule has 6 nitrogen and oxygen atoms in total. The maximum Gasteiger partial charge on any atom is 0.267 e. The van der Waals surface area contributed by atoms with Crippen molar-refractivity contribution in [3.8, 4) is 5.69 Å². The third kappa shape index (κ3) is 3.44. The number of thiazole rings is 1. The quantitative estimate of drug-likeness (QED) is 0.419. The first-order chi connectivity index (χ1) is 13.5. The molecule has 0 bridgehead atoms. The summed E-state index contributed by atoms with van der Waals surface area (Å²) < 4.78 is 1.57. The van der Waals surface area contributed by atoms with Gasteiger partial charge >= 0.3 is 0 Å². The minimum atomic E-state index is -0.139. The van der Waals surface area contributed by atoms with E-state index < -0.39 is 0 Å². The molecular weight excluding hydrogens is 370 g/mol. The lowest BCUT2D eigenvalue weighted by atomic mass is 10.1. The summed E-state index contributed by atoms with van der Waals surface area (Å²) in [4.78, 5) is 22.2. The summed E-state index contributed by atoms with van der Waals surface area (Å²) >= 11 is 1.56. The Bertz CT molecular complexity index is 1260. The van der Waals surface area contributed by atoms with Crippen molar-refractivity contribution in [2.45, 2.75) is 20.8 Å². The molecule has 0 saturated carbocycles. The number of hydrogen-bond acceptors (Lipinski definition) is 6. The molecule has 7 heteroatoms. The highest BCUT2D eigenvalue weighted by Gasteiger charge is 2.14. The maximum atomic E-state index is 13.2. The van der Waals surface area contributed by atoms with E-state index in [-0.39, 0.29) is 5.56 Å². The SMILES string of the molecule is Cc1ccc(-n2c(N/N=C\c3csc(C)n3)nc3ccccc3c2=O)c(C)c1. The molecule has 0 unspecified atom stereocenters. The molecule has 2 aromatic carbocycles. The lowest BCUT2D eigenvalue weighted by molar-refractivity contribution is 0.946. The van der Waals surface area contributed by atoms with Crippen LogP contribution in [0, 0.1) is 20.8 Å². The zero-order valence-corrected chi connectivity index (χ0v) is 16.6. The van der Waals surface area contributed by atoms with E-state index in [4.69, 9.17) is 0 Å². The van der Waals surface area contributed by atoms with Gasteiger partial charge in [-0.05, 0) is 44.5 Å². The van der Waals surface area contributed by atoms with E-state index in [0.717, 1.165) is 27.5 Å². The Morgan fingerprint density at radius 1 is 1.11 bits per heavy atom. The van der Waals surface area contributed by atoms with Gasteiger partial charge in [-0.3, -0.25) is 4.79 Å². The molecule has 0 atom stereocenters. The molecule has 2 heterocycles. The number of anilines is 1. The summed E-state index contributed by atoms with van der Waals surface area (Å²) in [5.74, 6) is 0.360. The first kappa shape index (κ1) is 18.1. The normalized spacial score (nSPS) is 11.4. The number of hydrazone groups is 1. The molecule has 0 aliphatic carbocycles. The number of hydrogen-bond donors (Lipinski definition) is 1. The van der Waals surface area contributed by atoms with Crippen LogP contribution in [0.1, 0.15) is 21.8 Å². The molecule has 1 N–H and O–H groups in total. The maximum absolute atomic E-state index is 13.2. The number of nitrogens with one attached hydrogen (secondary N) is 1. The van der Waals surface area contributed by atoms with Gasteiger partial charge in [0.15, 0.2) is 0 Å². The van der Waals surface area contributed by atoms with Crippen molar-refractivity contribution < 1.29 is 0 Å². The van der Waals surface area contributed by atoms with Crippen LogP contribution >= 0.6 is 11.3 Å². The highest BCUT2D eigenvalue weighted by molar-refractivity contribution is 7.09. The number of para-hydroxylation sites is 1. The summed E-state index contributed by atoms with van der Waals surface area (Å²) in [6.45, 7) is 5.95. The van der Waals surface area contributed by atoms with Gasteiger partial charge in [-0.2, -0.15) is 5.10 Å². The molecule has 2 aromatic heterocycles. The van der Waals surface area contributed by atoms with Crippen LogP contribution < -0.4 is 11.0 Å². The third-order valence-electron chi connectivity index (χ3n) is 4.37. The number of aryl methyl sites for hydroxylation is 3. The van der Waals surface area contributed by atoms with E-state index in [1.807, 2.05) is 62.5 Å². The fraction of sp³-hybridized carbons (Fsp3) is 0.143. The average Bonchev–Trinajstić information content (AvgIpc) is 3.08. The fourth-order valence-electron chi connectivity index (χ4n) is 3.08. The summed E-state index contributed by atoms with van der Waals surface area (Å²) in [5.41, 5.74) is 7.07. The van der Waals surface area contributed by atoms with Crippen molar-refractivity contribution in [2.24, 2.45) is 5.10 Å². The van der Waals surface area contributed by atoms with Gasteiger partial charge in [0.1, 0.15) is 0 Å². The van der Waals surface area contributed by atoms with Crippen LogP contribution in [0.3, 0.4) is 0 Å². The second-order valence-corrected chi connectivity index (χ2v) is 7.61. The van der Waals surface area contributed by atoms with Crippen LogP contribution in [0.25, 0.3) is 16.6 Å². The van der Waals surface area contributed by atoms with Gasteiger partial charge in [-0.15, -0.1) is 11.3 Å². The average molecular weight is 389 g/mol. The first-order valence-corrected chi connectivity index (χ1v) is 9.71. The summed E-state index contributed by atoms with van der Waals surface area (Å²) in [6, 6.07) is 13.3. The monoisotopic (exact) mass is 389 g/mol.